The molecule has 7 heteroatoms. The molecule has 3 N–H and O–H groups in total. The van der Waals surface area contributed by atoms with Crippen LogP contribution in [0, 0.1) is 0 Å². The molecule has 0 aliphatic rings. The number of amides is 2. The molecule has 0 aliphatic carbocycles. The molecule has 0 radical (unpaired) electrons. The Balaban J connectivity index is 2.21. The lowest BCUT2D eigenvalue weighted by molar-refractivity contribution is 0.243. The second-order valence-electron chi connectivity index (χ2n) is 4.38. The Labute approximate surface area is 138 Å². The van der Waals surface area contributed by atoms with Crippen molar-refractivity contribution >= 4 is 35.5 Å². The molecule has 0 aliphatic heterocycles. The van der Waals surface area contributed by atoms with E-state index < -0.39 is 6.03 Å². The number of hydrogen-bond donors (Lipinski definition) is 3. The highest BCUT2D eigenvalue weighted by Gasteiger charge is 2.17. The molecule has 5 nitrogen and oxygen atoms in total. The molecule has 0 unspecified atom stereocenters. The highest BCUT2D eigenvalue weighted by atomic mass is 35.5. The van der Waals surface area contributed by atoms with Crippen molar-refractivity contribution in [1.29, 1.82) is 0 Å². The van der Waals surface area contributed by atoms with Crippen LogP contribution in [0.15, 0.2) is 65.2 Å². The minimum absolute atomic E-state index is 0.0549. The number of urea groups is 1. The van der Waals surface area contributed by atoms with E-state index in [0.717, 1.165) is 11.1 Å². The van der Waals surface area contributed by atoms with Gasteiger partial charge in [-0.25, -0.2) is 4.79 Å². The fourth-order valence-electron chi connectivity index (χ4n) is 1.99. The molecule has 114 valence electrons. The van der Waals surface area contributed by atoms with Crippen molar-refractivity contribution in [2.45, 2.75) is 6.04 Å². The maximum Gasteiger partial charge on any atom is 0.322 e. The zero-order chi connectivity index (χ0) is 15.8. The molecule has 0 aromatic heterocycles. The number of nitrogens with zero attached hydrogens (tertiary/aromatic N) is 1. The van der Waals surface area contributed by atoms with Gasteiger partial charge in [-0.15, -0.1) is 4.51 Å². The minimum atomic E-state index is -0.481. The SMILES string of the molecule is O=C(NC(=NCl)NCl)NC(c1ccccc1)c1ccccc1. The predicted molar refractivity (Wildman–Crippen MR) is 88.7 cm³/mol. The molecule has 22 heavy (non-hydrogen) atoms. The summed E-state index contributed by atoms with van der Waals surface area (Å²) in [5, 5.41) is 5.27. The third kappa shape index (κ3) is 4.38. The summed E-state index contributed by atoms with van der Waals surface area (Å²) in [7, 11) is 0. The van der Waals surface area contributed by atoms with Crippen LogP contribution in [0.5, 0.6) is 0 Å². The second kappa shape index (κ2) is 8.26. The van der Waals surface area contributed by atoms with Gasteiger partial charge in [0.1, 0.15) is 0 Å². The molecule has 0 saturated carbocycles. The fraction of sp³-hybridized carbons (Fsp3) is 0.0667. The van der Waals surface area contributed by atoms with Gasteiger partial charge in [0.2, 0.25) is 5.96 Å². The van der Waals surface area contributed by atoms with Crippen LogP contribution < -0.4 is 15.5 Å². The van der Waals surface area contributed by atoms with Crippen LogP contribution in [0.1, 0.15) is 17.2 Å². The summed E-state index contributed by atoms with van der Waals surface area (Å²) < 4.78 is 3.27. The Morgan fingerprint density at radius 1 is 0.955 bits per heavy atom. The zero-order valence-electron chi connectivity index (χ0n) is 11.5. The number of guanidine groups is 1. The Hall–Kier alpha value is -2.24. The standard InChI is InChI=1S/C15H14Cl2N4O/c16-20-14(21-17)19-15(22)18-13(11-7-3-1-4-8-11)12-9-5-2-6-10-12/h1-10,13H,(H3,18,19,20,21,22). The molecule has 0 fully saturated rings. The van der Waals surface area contributed by atoms with Gasteiger partial charge in [0.15, 0.2) is 0 Å². The van der Waals surface area contributed by atoms with Crippen LogP contribution in [0.25, 0.3) is 0 Å². The summed E-state index contributed by atoms with van der Waals surface area (Å²) in [4.78, 5) is 14.2. The lowest BCUT2D eigenvalue weighted by atomic mass is 9.99. The monoisotopic (exact) mass is 336 g/mol. The summed E-state index contributed by atoms with van der Waals surface area (Å²) in [6, 6.07) is 18.5. The summed E-state index contributed by atoms with van der Waals surface area (Å²) in [6.07, 6.45) is 0. The van der Waals surface area contributed by atoms with E-state index in [2.05, 4.69) is 20.0 Å². The largest absolute Gasteiger partial charge is 0.327 e. The van der Waals surface area contributed by atoms with Crippen LogP contribution >= 0.6 is 23.6 Å². The number of rotatable bonds is 3. The van der Waals surface area contributed by atoms with E-state index in [1.165, 1.54) is 0 Å². The van der Waals surface area contributed by atoms with E-state index in [4.69, 9.17) is 23.6 Å². The predicted octanol–water partition coefficient (Wildman–Crippen LogP) is 3.33. The second-order valence-corrected chi connectivity index (χ2v) is 4.74. The summed E-state index contributed by atoms with van der Waals surface area (Å²) >= 11 is 10.7. The molecule has 0 atom stereocenters. The highest BCUT2D eigenvalue weighted by Crippen LogP contribution is 2.21. The molecule has 2 aromatic rings. The van der Waals surface area contributed by atoms with Gasteiger partial charge in [-0.3, -0.25) is 10.2 Å². The highest BCUT2D eigenvalue weighted by molar-refractivity contribution is 6.27. The number of carbonyl (C=O) groups is 1. The average molecular weight is 337 g/mol. The molecule has 0 saturated heterocycles. The van der Waals surface area contributed by atoms with Gasteiger partial charge in [-0.05, 0) is 11.1 Å². The van der Waals surface area contributed by atoms with Crippen molar-refractivity contribution < 1.29 is 4.79 Å². The van der Waals surface area contributed by atoms with Crippen molar-refractivity contribution in [2.75, 3.05) is 0 Å². The van der Waals surface area contributed by atoms with Crippen LogP contribution in [0.4, 0.5) is 4.79 Å². The minimum Gasteiger partial charge on any atom is -0.327 e. The smallest absolute Gasteiger partial charge is 0.322 e. The van der Waals surface area contributed by atoms with Crippen molar-refractivity contribution in [1.82, 2.24) is 15.5 Å². The Bertz CT molecular complexity index is 595. The first kappa shape index (κ1) is 16.1. The van der Waals surface area contributed by atoms with Gasteiger partial charge < -0.3 is 5.32 Å². The van der Waals surface area contributed by atoms with Crippen molar-refractivity contribution in [3.8, 4) is 0 Å². The maximum atomic E-state index is 12.1. The lowest BCUT2D eigenvalue weighted by Crippen LogP contribution is -2.44. The number of nitrogens with one attached hydrogen (secondary N) is 3. The van der Waals surface area contributed by atoms with Crippen molar-refractivity contribution in [3.05, 3.63) is 71.8 Å². The molecular formula is C15H14Cl2N4O. The van der Waals surface area contributed by atoms with Gasteiger partial charge in [0.25, 0.3) is 0 Å². The van der Waals surface area contributed by atoms with Gasteiger partial charge in [0.05, 0.1) is 6.04 Å². The van der Waals surface area contributed by atoms with E-state index in [1.807, 2.05) is 60.7 Å². The topological polar surface area (TPSA) is 65.5 Å². The summed E-state index contributed by atoms with van der Waals surface area (Å²) in [5.41, 5.74) is 1.90. The molecule has 0 spiro atoms. The fourth-order valence-corrected chi connectivity index (χ4v) is 2.20. The van der Waals surface area contributed by atoms with E-state index >= 15 is 0 Å². The number of carbonyl (C=O) groups excluding carboxylic acids is 1. The van der Waals surface area contributed by atoms with Crippen LogP contribution in [-0.2, 0) is 0 Å². The average Bonchev–Trinajstić information content (AvgIpc) is 2.59. The van der Waals surface area contributed by atoms with E-state index in [9.17, 15) is 4.79 Å². The zero-order valence-corrected chi connectivity index (χ0v) is 13.0. The Morgan fingerprint density at radius 2 is 1.45 bits per heavy atom. The van der Waals surface area contributed by atoms with Gasteiger partial charge in [-0.1, -0.05) is 60.7 Å². The number of benzene rings is 2. The van der Waals surface area contributed by atoms with Gasteiger partial charge >= 0.3 is 6.03 Å². The summed E-state index contributed by atoms with van der Waals surface area (Å²) in [6.45, 7) is 0. The first-order valence-electron chi connectivity index (χ1n) is 6.47. The molecular weight excluding hydrogens is 323 g/mol. The number of hydrogen-bond acceptors (Lipinski definition) is 2. The first-order valence-corrected chi connectivity index (χ1v) is 7.19. The third-order valence-electron chi connectivity index (χ3n) is 2.95. The molecule has 2 amide bonds. The van der Waals surface area contributed by atoms with Gasteiger partial charge in [0, 0.05) is 23.6 Å². The Morgan fingerprint density at radius 3 is 1.86 bits per heavy atom. The van der Waals surface area contributed by atoms with Gasteiger partial charge in [-0.2, -0.15) is 0 Å². The molecule has 2 aromatic carbocycles. The molecule has 0 bridgehead atoms. The Kier molecular flexibility index (Phi) is 6.06. The summed E-state index contributed by atoms with van der Waals surface area (Å²) in [5.74, 6) is -0.0549. The van der Waals surface area contributed by atoms with Crippen LogP contribution in [0.3, 0.4) is 0 Å². The van der Waals surface area contributed by atoms with Crippen molar-refractivity contribution in [2.24, 2.45) is 4.51 Å². The first-order chi connectivity index (χ1) is 10.7. The number of halogens is 2. The van der Waals surface area contributed by atoms with E-state index in [1.54, 1.807) is 0 Å². The normalized spacial score (nSPS) is 11.1. The maximum absolute atomic E-state index is 12.1. The van der Waals surface area contributed by atoms with E-state index in [0.29, 0.717) is 0 Å². The lowest BCUT2D eigenvalue weighted by Gasteiger charge is -2.20. The van der Waals surface area contributed by atoms with Crippen LogP contribution in [0.2, 0.25) is 0 Å². The quantitative estimate of drug-likeness (QED) is 0.457. The van der Waals surface area contributed by atoms with Crippen LogP contribution in [-0.4, -0.2) is 12.0 Å². The van der Waals surface area contributed by atoms with Crippen molar-refractivity contribution in [3.63, 3.8) is 0 Å². The molecule has 0 heterocycles. The third-order valence-corrected chi connectivity index (χ3v) is 3.30. The molecule has 2 rings (SSSR count). The van der Waals surface area contributed by atoms with E-state index in [-0.39, 0.29) is 12.0 Å².